The van der Waals surface area contributed by atoms with E-state index in [1.165, 1.54) is 24.3 Å². The van der Waals surface area contributed by atoms with Crippen molar-refractivity contribution >= 4 is 5.91 Å². The molecule has 0 aliphatic carbocycles. The lowest BCUT2D eigenvalue weighted by Crippen LogP contribution is -2.28. The Kier molecular flexibility index (Phi) is 6.60. The number of H-pyrrole nitrogens is 1. The number of rotatable bonds is 8. The SMILES string of the molecule is O=C(CCc1ccc(F)cc1)N1CC[C@H](c2cc(CCOc3cccc(F)c3)[nH]n2)C1. The molecule has 31 heavy (non-hydrogen) atoms. The zero-order valence-corrected chi connectivity index (χ0v) is 17.2. The highest BCUT2D eigenvalue weighted by atomic mass is 19.1. The lowest BCUT2D eigenvalue weighted by atomic mass is 10.0. The molecule has 162 valence electrons. The Bertz CT molecular complexity index is 1020. The number of likely N-dealkylation sites (tertiary alicyclic amines) is 1. The average molecular weight is 425 g/mol. The summed E-state index contributed by atoms with van der Waals surface area (Å²) in [4.78, 5) is 14.4. The van der Waals surface area contributed by atoms with Crippen LogP contribution >= 0.6 is 0 Å². The molecule has 5 nitrogen and oxygen atoms in total. The number of aromatic nitrogens is 2. The van der Waals surface area contributed by atoms with Crippen molar-refractivity contribution in [3.05, 3.63) is 83.2 Å². The van der Waals surface area contributed by atoms with Gasteiger partial charge in [-0.2, -0.15) is 5.10 Å². The maximum Gasteiger partial charge on any atom is 0.222 e. The monoisotopic (exact) mass is 425 g/mol. The topological polar surface area (TPSA) is 58.2 Å². The molecule has 0 spiro atoms. The van der Waals surface area contributed by atoms with Gasteiger partial charge in [-0.05, 0) is 48.7 Å². The van der Waals surface area contributed by atoms with Crippen LogP contribution < -0.4 is 4.74 Å². The molecule has 0 unspecified atom stereocenters. The molecule has 0 saturated carbocycles. The molecular weight excluding hydrogens is 400 g/mol. The highest BCUT2D eigenvalue weighted by Crippen LogP contribution is 2.27. The fourth-order valence-electron chi connectivity index (χ4n) is 3.84. The molecule has 1 aliphatic heterocycles. The Labute approximate surface area is 180 Å². The van der Waals surface area contributed by atoms with Crippen molar-refractivity contribution in [3.8, 4) is 5.75 Å². The van der Waals surface area contributed by atoms with Gasteiger partial charge in [0.25, 0.3) is 0 Å². The van der Waals surface area contributed by atoms with Crippen molar-refractivity contribution in [2.45, 2.75) is 31.6 Å². The number of aromatic amines is 1. The van der Waals surface area contributed by atoms with Gasteiger partial charge in [0.05, 0.1) is 12.3 Å². The van der Waals surface area contributed by atoms with Gasteiger partial charge in [-0.25, -0.2) is 8.78 Å². The lowest BCUT2D eigenvalue weighted by molar-refractivity contribution is -0.130. The highest BCUT2D eigenvalue weighted by Gasteiger charge is 2.28. The van der Waals surface area contributed by atoms with E-state index in [2.05, 4.69) is 10.2 Å². The molecule has 1 amide bonds. The summed E-state index contributed by atoms with van der Waals surface area (Å²) >= 11 is 0. The molecular formula is C24H25F2N3O2. The van der Waals surface area contributed by atoms with E-state index in [0.717, 1.165) is 29.9 Å². The van der Waals surface area contributed by atoms with Crippen LogP contribution in [-0.2, 0) is 17.6 Å². The summed E-state index contributed by atoms with van der Waals surface area (Å²) in [6.07, 6.45) is 2.54. The van der Waals surface area contributed by atoms with Crippen LogP contribution in [0.3, 0.4) is 0 Å². The fraction of sp³-hybridized carbons (Fsp3) is 0.333. The zero-order valence-electron chi connectivity index (χ0n) is 17.2. The maximum absolute atomic E-state index is 13.2. The summed E-state index contributed by atoms with van der Waals surface area (Å²) in [6, 6.07) is 14.4. The number of nitrogens with one attached hydrogen (secondary N) is 1. The number of hydrogen-bond acceptors (Lipinski definition) is 3. The molecule has 4 rings (SSSR count). The van der Waals surface area contributed by atoms with E-state index in [4.69, 9.17) is 4.74 Å². The predicted molar refractivity (Wildman–Crippen MR) is 113 cm³/mol. The van der Waals surface area contributed by atoms with Crippen molar-refractivity contribution in [2.24, 2.45) is 0 Å². The maximum atomic E-state index is 13.2. The fourth-order valence-corrected chi connectivity index (χ4v) is 3.84. The minimum atomic E-state index is -0.320. The molecule has 1 atom stereocenters. The van der Waals surface area contributed by atoms with Gasteiger partial charge >= 0.3 is 0 Å². The molecule has 2 aromatic carbocycles. The summed E-state index contributed by atoms with van der Waals surface area (Å²) in [5, 5.41) is 7.46. The van der Waals surface area contributed by atoms with Crippen LogP contribution in [0.2, 0.25) is 0 Å². The van der Waals surface area contributed by atoms with Gasteiger partial charge in [0.15, 0.2) is 0 Å². The number of amides is 1. The number of carbonyl (C=O) groups is 1. The van der Waals surface area contributed by atoms with E-state index in [9.17, 15) is 13.6 Å². The van der Waals surface area contributed by atoms with Crippen LogP contribution in [0.15, 0.2) is 54.6 Å². The van der Waals surface area contributed by atoms with E-state index in [1.54, 1.807) is 24.3 Å². The average Bonchev–Trinajstić information content (AvgIpc) is 3.43. The van der Waals surface area contributed by atoms with Crippen LogP contribution in [0.25, 0.3) is 0 Å². The number of halogens is 2. The first-order valence-electron chi connectivity index (χ1n) is 10.5. The number of benzene rings is 2. The molecule has 1 fully saturated rings. The molecule has 7 heteroatoms. The quantitative estimate of drug-likeness (QED) is 0.587. The van der Waals surface area contributed by atoms with E-state index >= 15 is 0 Å². The third-order valence-electron chi connectivity index (χ3n) is 5.59. The lowest BCUT2D eigenvalue weighted by Gasteiger charge is -2.16. The van der Waals surface area contributed by atoms with E-state index < -0.39 is 0 Å². The predicted octanol–water partition coefficient (Wildman–Crippen LogP) is 4.26. The Hall–Kier alpha value is -3.22. The van der Waals surface area contributed by atoms with Crippen molar-refractivity contribution in [2.75, 3.05) is 19.7 Å². The summed E-state index contributed by atoms with van der Waals surface area (Å²) in [5.74, 6) is 0.246. The Morgan fingerprint density at radius 3 is 2.74 bits per heavy atom. The molecule has 1 aliphatic rings. The molecule has 1 saturated heterocycles. The normalized spacial score (nSPS) is 15.9. The zero-order chi connectivity index (χ0) is 21.6. The molecule has 0 radical (unpaired) electrons. The molecule has 1 aromatic heterocycles. The van der Waals surface area contributed by atoms with Crippen molar-refractivity contribution in [3.63, 3.8) is 0 Å². The van der Waals surface area contributed by atoms with Gasteiger partial charge in [0.1, 0.15) is 17.4 Å². The van der Waals surface area contributed by atoms with Crippen LogP contribution in [0, 0.1) is 11.6 Å². The molecule has 3 aromatic rings. The van der Waals surface area contributed by atoms with E-state index in [1.807, 2.05) is 11.0 Å². The third kappa shape index (κ3) is 5.69. The summed E-state index contributed by atoms with van der Waals surface area (Å²) in [6.45, 7) is 1.80. The number of nitrogens with zero attached hydrogens (tertiary/aromatic N) is 2. The number of hydrogen-bond donors (Lipinski definition) is 1. The minimum Gasteiger partial charge on any atom is -0.493 e. The van der Waals surface area contributed by atoms with Gasteiger partial charge in [0, 0.05) is 43.6 Å². The molecule has 0 bridgehead atoms. The second kappa shape index (κ2) is 9.73. The first-order valence-corrected chi connectivity index (χ1v) is 10.5. The number of ether oxygens (including phenoxy) is 1. The van der Waals surface area contributed by atoms with Crippen LogP contribution in [0.5, 0.6) is 5.75 Å². The van der Waals surface area contributed by atoms with Crippen molar-refractivity contribution in [1.29, 1.82) is 0 Å². The Morgan fingerprint density at radius 1 is 1.10 bits per heavy atom. The van der Waals surface area contributed by atoms with Gasteiger partial charge in [-0.3, -0.25) is 9.89 Å². The largest absolute Gasteiger partial charge is 0.493 e. The van der Waals surface area contributed by atoms with Gasteiger partial charge in [-0.1, -0.05) is 18.2 Å². The molecule has 2 heterocycles. The van der Waals surface area contributed by atoms with Crippen LogP contribution in [0.4, 0.5) is 8.78 Å². The number of carbonyl (C=O) groups excluding carboxylic acids is 1. The Morgan fingerprint density at radius 2 is 1.94 bits per heavy atom. The Balaban J connectivity index is 1.23. The standard InChI is InChI=1S/C24H25F2N3O2/c25-19-7-4-17(5-8-19)6-9-24(30)29-12-10-18(16-29)23-15-21(27-28-23)11-13-31-22-3-1-2-20(26)14-22/h1-5,7-8,14-15,18H,6,9-13,16H2,(H,27,28)/t18-/m0/s1. The van der Waals surface area contributed by atoms with E-state index in [-0.39, 0.29) is 23.5 Å². The van der Waals surface area contributed by atoms with Gasteiger partial charge < -0.3 is 9.64 Å². The van der Waals surface area contributed by atoms with Crippen molar-refractivity contribution in [1.82, 2.24) is 15.1 Å². The first-order chi connectivity index (χ1) is 15.1. The summed E-state index contributed by atoms with van der Waals surface area (Å²) in [7, 11) is 0. The second-order valence-corrected chi connectivity index (χ2v) is 7.83. The third-order valence-corrected chi connectivity index (χ3v) is 5.59. The highest BCUT2D eigenvalue weighted by molar-refractivity contribution is 5.76. The molecule has 1 N–H and O–H groups in total. The minimum absolute atomic E-state index is 0.117. The van der Waals surface area contributed by atoms with Crippen molar-refractivity contribution < 1.29 is 18.3 Å². The van der Waals surface area contributed by atoms with Gasteiger partial charge in [-0.15, -0.1) is 0 Å². The number of aryl methyl sites for hydroxylation is 1. The first kappa shape index (κ1) is 21.0. The van der Waals surface area contributed by atoms with Gasteiger partial charge in [0.2, 0.25) is 5.91 Å². The van der Waals surface area contributed by atoms with Crippen LogP contribution in [0.1, 0.15) is 35.7 Å². The van der Waals surface area contributed by atoms with E-state index in [0.29, 0.717) is 38.2 Å². The van der Waals surface area contributed by atoms with Crippen LogP contribution in [-0.4, -0.2) is 40.7 Å². The second-order valence-electron chi connectivity index (χ2n) is 7.83. The summed E-state index contributed by atoms with van der Waals surface area (Å²) in [5.41, 5.74) is 2.87. The summed E-state index contributed by atoms with van der Waals surface area (Å²) < 4.78 is 31.8. The smallest absolute Gasteiger partial charge is 0.222 e.